The lowest BCUT2D eigenvalue weighted by Gasteiger charge is -2.19. The second-order valence-corrected chi connectivity index (χ2v) is 5.27. The van der Waals surface area contributed by atoms with Gasteiger partial charge in [-0.2, -0.15) is 0 Å². The minimum atomic E-state index is -0.527. The Kier molecular flexibility index (Phi) is 5.45. The average molecular weight is 289 g/mol. The van der Waals surface area contributed by atoms with E-state index in [2.05, 4.69) is 11.4 Å². The maximum atomic E-state index is 13.9. The maximum absolute atomic E-state index is 13.9. The van der Waals surface area contributed by atoms with Crippen molar-refractivity contribution in [2.24, 2.45) is 0 Å². The molecular formula is C18H21F2N. The average Bonchev–Trinajstić information content (AvgIpc) is 2.48. The summed E-state index contributed by atoms with van der Waals surface area (Å²) in [4.78, 5) is 0. The molecule has 1 aliphatic carbocycles. The summed E-state index contributed by atoms with van der Waals surface area (Å²) in [6, 6.07) is 9.81. The maximum Gasteiger partial charge on any atom is 0.133 e. The molecule has 0 saturated heterocycles. The second kappa shape index (κ2) is 7.32. The van der Waals surface area contributed by atoms with E-state index in [1.165, 1.54) is 29.7 Å². The summed E-state index contributed by atoms with van der Waals surface area (Å²) in [5.41, 5.74) is 3.97. The van der Waals surface area contributed by atoms with Crippen LogP contribution in [0.3, 0.4) is 0 Å². The lowest BCUT2D eigenvalue weighted by molar-refractivity contribution is 0.585. The van der Waals surface area contributed by atoms with E-state index >= 15 is 0 Å². The second-order valence-electron chi connectivity index (χ2n) is 5.27. The van der Waals surface area contributed by atoms with Crippen LogP contribution in [0.15, 0.2) is 36.4 Å². The van der Waals surface area contributed by atoms with Crippen molar-refractivity contribution in [2.75, 3.05) is 14.1 Å². The molecule has 0 aromatic heterocycles. The summed E-state index contributed by atoms with van der Waals surface area (Å²) >= 11 is 0. The number of hydrogen-bond donors (Lipinski definition) is 1. The summed E-state index contributed by atoms with van der Waals surface area (Å²) in [7, 11) is 3.75. The van der Waals surface area contributed by atoms with Gasteiger partial charge in [0.1, 0.15) is 11.6 Å². The third-order valence-corrected chi connectivity index (χ3v) is 3.62. The van der Waals surface area contributed by atoms with Gasteiger partial charge in [0, 0.05) is 11.6 Å². The van der Waals surface area contributed by atoms with Crippen LogP contribution in [0.4, 0.5) is 8.78 Å². The van der Waals surface area contributed by atoms with Crippen molar-refractivity contribution < 1.29 is 8.78 Å². The van der Waals surface area contributed by atoms with Gasteiger partial charge in [0.05, 0.1) is 0 Å². The first-order chi connectivity index (χ1) is 10.2. The summed E-state index contributed by atoms with van der Waals surface area (Å²) in [6.45, 7) is 0. The van der Waals surface area contributed by atoms with E-state index < -0.39 is 11.6 Å². The van der Waals surface area contributed by atoms with Crippen LogP contribution in [0.2, 0.25) is 0 Å². The van der Waals surface area contributed by atoms with Crippen molar-refractivity contribution in [1.29, 1.82) is 0 Å². The molecule has 3 rings (SSSR count). The number of aryl methyl sites for hydroxylation is 1. The smallest absolute Gasteiger partial charge is 0.133 e. The van der Waals surface area contributed by atoms with E-state index in [0.717, 1.165) is 30.9 Å². The predicted molar refractivity (Wildman–Crippen MR) is 83.4 cm³/mol. The Balaban J connectivity index is 0.000000497. The van der Waals surface area contributed by atoms with Gasteiger partial charge in [0.2, 0.25) is 0 Å². The fraction of sp³-hybridized carbons (Fsp3) is 0.333. The molecule has 3 heteroatoms. The molecule has 0 unspecified atom stereocenters. The minimum Gasteiger partial charge on any atom is -0.323 e. The van der Waals surface area contributed by atoms with E-state index in [-0.39, 0.29) is 0 Å². The number of rotatable bonds is 1. The molecule has 0 bridgehead atoms. The van der Waals surface area contributed by atoms with Crippen LogP contribution in [-0.4, -0.2) is 14.1 Å². The summed E-state index contributed by atoms with van der Waals surface area (Å²) < 4.78 is 26.8. The highest BCUT2D eigenvalue weighted by Gasteiger charge is 2.16. The fourth-order valence-electron chi connectivity index (χ4n) is 2.74. The normalized spacial score (nSPS) is 13.1. The zero-order valence-corrected chi connectivity index (χ0v) is 12.5. The largest absolute Gasteiger partial charge is 0.323 e. The topological polar surface area (TPSA) is 12.0 Å². The van der Waals surface area contributed by atoms with Gasteiger partial charge in [0.15, 0.2) is 0 Å². The molecule has 0 fully saturated rings. The molecule has 0 spiro atoms. The van der Waals surface area contributed by atoms with Crippen LogP contribution in [0.25, 0.3) is 11.1 Å². The molecule has 1 aliphatic rings. The molecule has 0 heterocycles. The van der Waals surface area contributed by atoms with Crippen LogP contribution >= 0.6 is 0 Å². The number of nitrogens with one attached hydrogen (secondary N) is 1. The molecule has 2 aromatic carbocycles. The third-order valence-electron chi connectivity index (χ3n) is 3.62. The summed E-state index contributed by atoms with van der Waals surface area (Å²) in [6.07, 6.45) is 4.39. The van der Waals surface area contributed by atoms with E-state index in [4.69, 9.17) is 0 Å². The highest BCUT2D eigenvalue weighted by atomic mass is 19.1. The lowest BCUT2D eigenvalue weighted by atomic mass is 9.86. The zero-order chi connectivity index (χ0) is 15.2. The molecule has 2 aromatic rings. The molecule has 1 N–H and O–H groups in total. The molecule has 0 amide bonds. The Morgan fingerprint density at radius 3 is 2.33 bits per heavy atom. The van der Waals surface area contributed by atoms with Crippen molar-refractivity contribution in [3.05, 3.63) is 59.2 Å². The molecule has 112 valence electrons. The standard InChI is InChI=1S/C16H14F2.C2H7N/c17-12-8-9-15(16(18)10-12)14-7-3-5-11-4-1-2-6-13(11)14;1-3-2/h3,5,7-10H,1-2,4,6H2;3H,1-2H3. The van der Waals surface area contributed by atoms with Gasteiger partial charge in [-0.15, -0.1) is 0 Å². The number of fused-ring (bicyclic) bond motifs is 1. The Morgan fingerprint density at radius 2 is 1.62 bits per heavy atom. The zero-order valence-electron chi connectivity index (χ0n) is 12.5. The number of hydrogen-bond acceptors (Lipinski definition) is 1. The van der Waals surface area contributed by atoms with Crippen LogP contribution < -0.4 is 5.32 Å². The van der Waals surface area contributed by atoms with Gasteiger partial charge < -0.3 is 5.32 Å². The van der Waals surface area contributed by atoms with Crippen molar-refractivity contribution >= 4 is 0 Å². The Labute approximate surface area is 125 Å². The minimum absolute atomic E-state index is 0.478. The molecule has 0 aliphatic heterocycles. The molecule has 21 heavy (non-hydrogen) atoms. The Hall–Kier alpha value is -1.74. The number of benzene rings is 2. The molecule has 1 nitrogen and oxygen atoms in total. The van der Waals surface area contributed by atoms with Gasteiger partial charge in [-0.1, -0.05) is 18.2 Å². The van der Waals surface area contributed by atoms with Gasteiger partial charge in [-0.3, -0.25) is 0 Å². The van der Waals surface area contributed by atoms with E-state index in [0.29, 0.717) is 5.56 Å². The first kappa shape index (κ1) is 15.6. The first-order valence-electron chi connectivity index (χ1n) is 7.32. The van der Waals surface area contributed by atoms with Gasteiger partial charge in [-0.25, -0.2) is 8.78 Å². The lowest BCUT2D eigenvalue weighted by Crippen LogP contribution is -2.04. The molecular weight excluding hydrogens is 268 g/mol. The predicted octanol–water partition coefficient (Wildman–Crippen LogP) is 4.35. The van der Waals surface area contributed by atoms with Gasteiger partial charge in [0.25, 0.3) is 0 Å². The monoisotopic (exact) mass is 289 g/mol. The molecule has 0 atom stereocenters. The SMILES string of the molecule is CNC.Fc1ccc(-c2cccc3c2CCCC3)c(F)c1. The number of halogens is 2. The van der Waals surface area contributed by atoms with Crippen LogP contribution in [0.1, 0.15) is 24.0 Å². The van der Waals surface area contributed by atoms with Crippen LogP contribution in [0.5, 0.6) is 0 Å². The van der Waals surface area contributed by atoms with Crippen molar-refractivity contribution in [3.63, 3.8) is 0 Å². The third kappa shape index (κ3) is 3.67. The molecule has 0 saturated carbocycles. The van der Waals surface area contributed by atoms with Crippen molar-refractivity contribution in [2.45, 2.75) is 25.7 Å². The van der Waals surface area contributed by atoms with Crippen molar-refractivity contribution in [1.82, 2.24) is 5.32 Å². The highest BCUT2D eigenvalue weighted by molar-refractivity contribution is 5.69. The van der Waals surface area contributed by atoms with Crippen LogP contribution in [-0.2, 0) is 12.8 Å². The summed E-state index contributed by atoms with van der Waals surface area (Å²) in [5.74, 6) is -1.00. The highest BCUT2D eigenvalue weighted by Crippen LogP contribution is 2.33. The van der Waals surface area contributed by atoms with E-state index in [1.807, 2.05) is 26.2 Å². The van der Waals surface area contributed by atoms with Gasteiger partial charge in [-0.05, 0) is 68.6 Å². The quantitative estimate of drug-likeness (QED) is 0.823. The molecule has 0 radical (unpaired) electrons. The fourth-order valence-corrected chi connectivity index (χ4v) is 2.74. The first-order valence-corrected chi connectivity index (χ1v) is 7.32. The summed E-state index contributed by atoms with van der Waals surface area (Å²) in [5, 5.41) is 2.75. The Morgan fingerprint density at radius 1 is 0.905 bits per heavy atom. The van der Waals surface area contributed by atoms with Crippen molar-refractivity contribution in [3.8, 4) is 11.1 Å². The van der Waals surface area contributed by atoms with E-state index in [1.54, 1.807) is 0 Å². The van der Waals surface area contributed by atoms with Crippen LogP contribution in [0, 0.1) is 11.6 Å². The Bertz CT molecular complexity index is 608. The van der Waals surface area contributed by atoms with E-state index in [9.17, 15) is 8.78 Å². The van der Waals surface area contributed by atoms with Gasteiger partial charge >= 0.3 is 0 Å².